The van der Waals surface area contributed by atoms with Gasteiger partial charge < -0.3 is 15.2 Å². The Kier molecular flexibility index (Phi) is 6.99. The van der Waals surface area contributed by atoms with Gasteiger partial charge in [-0.05, 0) is 19.0 Å². The predicted octanol–water partition coefficient (Wildman–Crippen LogP) is 0.610. The number of rotatable bonds is 3. The Hall–Kier alpha value is -0.740. The number of thioether (sulfide) groups is 1. The van der Waals surface area contributed by atoms with E-state index in [1.54, 1.807) is 16.7 Å². The smallest absolute Gasteiger partial charge is 0.270 e. The third-order valence-corrected chi connectivity index (χ3v) is 6.94. The number of carbonyl (C=O) groups excluding carboxylic acids is 1. The van der Waals surface area contributed by atoms with Crippen molar-refractivity contribution in [2.24, 2.45) is 0 Å². The summed E-state index contributed by atoms with van der Waals surface area (Å²) in [6.45, 7) is 4.06. The number of hydrogen-bond donors (Lipinski definition) is 2. The fourth-order valence-electron chi connectivity index (χ4n) is 2.80. The Morgan fingerprint density at radius 2 is 1.88 bits per heavy atom. The zero-order valence-electron chi connectivity index (χ0n) is 13.4. The molecule has 0 radical (unpaired) electrons. The highest BCUT2D eigenvalue weighted by Crippen LogP contribution is 2.21. The van der Waals surface area contributed by atoms with Crippen molar-refractivity contribution < 1.29 is 13.2 Å². The van der Waals surface area contributed by atoms with Crippen molar-refractivity contribution in [2.75, 3.05) is 50.8 Å². The number of H-pyrrole nitrogens is 1. The molecule has 3 heterocycles. The summed E-state index contributed by atoms with van der Waals surface area (Å²) in [5.41, 5.74) is 0.344. The van der Waals surface area contributed by atoms with Crippen molar-refractivity contribution >= 4 is 40.1 Å². The van der Waals surface area contributed by atoms with Crippen LogP contribution in [0.5, 0.6) is 0 Å². The molecule has 1 aromatic heterocycles. The summed E-state index contributed by atoms with van der Waals surface area (Å²) in [6.07, 6.45) is 2.34. The van der Waals surface area contributed by atoms with Gasteiger partial charge in [0.2, 0.25) is 10.0 Å². The van der Waals surface area contributed by atoms with Crippen LogP contribution in [0.25, 0.3) is 0 Å². The van der Waals surface area contributed by atoms with Gasteiger partial charge in [-0.3, -0.25) is 4.79 Å². The van der Waals surface area contributed by atoms with E-state index in [2.05, 4.69) is 10.3 Å². The molecule has 2 aliphatic rings. The van der Waals surface area contributed by atoms with Crippen LogP contribution in [-0.4, -0.2) is 79.3 Å². The summed E-state index contributed by atoms with van der Waals surface area (Å²) in [6, 6.07) is 1.47. The quantitative estimate of drug-likeness (QED) is 0.784. The monoisotopic (exact) mass is 394 g/mol. The summed E-state index contributed by atoms with van der Waals surface area (Å²) in [5, 5.41) is 3.25. The van der Waals surface area contributed by atoms with Crippen LogP contribution in [0.15, 0.2) is 17.2 Å². The molecule has 0 bridgehead atoms. The SMILES string of the molecule is Cl.O=C(c1cc(S(=O)(=O)N2CCSCC2)c[nH]1)N1CCCNCC1. The van der Waals surface area contributed by atoms with E-state index < -0.39 is 10.0 Å². The lowest BCUT2D eigenvalue weighted by Gasteiger charge is -2.25. The van der Waals surface area contributed by atoms with Crippen molar-refractivity contribution in [3.8, 4) is 0 Å². The molecule has 0 spiro atoms. The van der Waals surface area contributed by atoms with Crippen LogP contribution in [0.2, 0.25) is 0 Å². The number of nitrogens with zero attached hydrogens (tertiary/aromatic N) is 2. The standard InChI is InChI=1S/C14H22N4O3S2.ClH/c19-14(17-4-1-2-15-3-5-17)13-10-12(11-16-13)23(20,21)18-6-8-22-9-7-18;/h10-11,15-16H,1-9H2;1H. The van der Waals surface area contributed by atoms with Gasteiger partial charge >= 0.3 is 0 Å². The number of aromatic nitrogens is 1. The molecule has 0 atom stereocenters. The number of sulfonamides is 1. The Balaban J connectivity index is 0.00000208. The van der Waals surface area contributed by atoms with Crippen LogP contribution in [-0.2, 0) is 10.0 Å². The van der Waals surface area contributed by atoms with Crippen molar-refractivity contribution in [1.82, 2.24) is 19.5 Å². The van der Waals surface area contributed by atoms with Crippen molar-refractivity contribution in [3.05, 3.63) is 18.0 Å². The van der Waals surface area contributed by atoms with Gasteiger partial charge in [-0.25, -0.2) is 8.42 Å². The molecule has 2 fully saturated rings. The van der Waals surface area contributed by atoms with Crippen molar-refractivity contribution in [1.29, 1.82) is 0 Å². The lowest BCUT2D eigenvalue weighted by molar-refractivity contribution is 0.0761. The second-order valence-electron chi connectivity index (χ2n) is 5.66. The second kappa shape index (κ2) is 8.57. The molecule has 1 amide bonds. The minimum Gasteiger partial charge on any atom is -0.356 e. The first-order chi connectivity index (χ1) is 11.1. The average Bonchev–Trinajstić information content (AvgIpc) is 2.92. The second-order valence-corrected chi connectivity index (χ2v) is 8.82. The van der Waals surface area contributed by atoms with Gasteiger partial charge in [0, 0.05) is 50.4 Å². The Bertz CT molecular complexity index is 651. The lowest BCUT2D eigenvalue weighted by atomic mass is 10.3. The molecule has 0 unspecified atom stereocenters. The topological polar surface area (TPSA) is 85.5 Å². The molecule has 2 saturated heterocycles. The number of aromatic amines is 1. The first kappa shape index (κ1) is 19.6. The van der Waals surface area contributed by atoms with Crippen molar-refractivity contribution in [2.45, 2.75) is 11.3 Å². The molecule has 2 N–H and O–H groups in total. The molecule has 10 heteroatoms. The highest BCUT2D eigenvalue weighted by molar-refractivity contribution is 7.99. The minimum absolute atomic E-state index is 0. The van der Waals surface area contributed by atoms with Crippen LogP contribution >= 0.6 is 24.2 Å². The molecule has 7 nitrogen and oxygen atoms in total. The Morgan fingerprint density at radius 3 is 2.62 bits per heavy atom. The summed E-state index contributed by atoms with van der Waals surface area (Å²) < 4.78 is 26.7. The van der Waals surface area contributed by atoms with E-state index in [1.807, 2.05) is 0 Å². The average molecular weight is 395 g/mol. The predicted molar refractivity (Wildman–Crippen MR) is 97.5 cm³/mol. The summed E-state index contributed by atoms with van der Waals surface area (Å²) in [4.78, 5) is 17.3. The van der Waals surface area contributed by atoms with Crippen LogP contribution in [0.3, 0.4) is 0 Å². The summed E-state index contributed by atoms with van der Waals surface area (Å²) in [7, 11) is -3.51. The van der Waals surface area contributed by atoms with Crippen LogP contribution < -0.4 is 5.32 Å². The summed E-state index contributed by atoms with van der Waals surface area (Å²) >= 11 is 1.76. The third-order valence-electron chi connectivity index (χ3n) is 4.12. The van der Waals surface area contributed by atoms with E-state index in [1.165, 1.54) is 16.6 Å². The molecule has 1 aromatic rings. The Labute approximate surface area is 153 Å². The van der Waals surface area contributed by atoms with Gasteiger partial charge in [0.15, 0.2) is 0 Å². The van der Waals surface area contributed by atoms with Gasteiger partial charge in [0.05, 0.1) is 0 Å². The zero-order valence-corrected chi connectivity index (χ0v) is 15.8. The van der Waals surface area contributed by atoms with Crippen LogP contribution in [0, 0.1) is 0 Å². The van der Waals surface area contributed by atoms with E-state index in [0.29, 0.717) is 31.9 Å². The van der Waals surface area contributed by atoms with Gasteiger partial charge in [0.1, 0.15) is 10.6 Å². The van der Waals surface area contributed by atoms with Crippen LogP contribution in [0.4, 0.5) is 0 Å². The molecule has 0 aromatic carbocycles. The molecule has 0 saturated carbocycles. The Morgan fingerprint density at radius 1 is 1.12 bits per heavy atom. The maximum absolute atomic E-state index is 12.6. The highest BCUT2D eigenvalue weighted by atomic mass is 35.5. The van der Waals surface area contributed by atoms with Gasteiger partial charge in [-0.1, -0.05) is 0 Å². The minimum atomic E-state index is -3.51. The highest BCUT2D eigenvalue weighted by Gasteiger charge is 2.28. The molecular formula is C14H23ClN4O3S2. The number of nitrogens with one attached hydrogen (secondary N) is 2. The molecule has 0 aliphatic carbocycles. The first-order valence-electron chi connectivity index (χ1n) is 7.85. The fourth-order valence-corrected chi connectivity index (χ4v) is 5.37. The largest absolute Gasteiger partial charge is 0.356 e. The normalized spacial score (nSPS) is 20.2. The summed E-state index contributed by atoms with van der Waals surface area (Å²) in [5.74, 6) is 1.50. The van der Waals surface area contributed by atoms with E-state index >= 15 is 0 Å². The maximum atomic E-state index is 12.6. The number of hydrogen-bond acceptors (Lipinski definition) is 5. The van der Waals surface area contributed by atoms with Gasteiger partial charge in [0.25, 0.3) is 5.91 Å². The number of halogens is 1. The molecule has 2 aliphatic heterocycles. The van der Waals surface area contributed by atoms with E-state index in [-0.39, 0.29) is 23.2 Å². The number of carbonyl (C=O) groups is 1. The maximum Gasteiger partial charge on any atom is 0.270 e. The van der Waals surface area contributed by atoms with E-state index in [9.17, 15) is 13.2 Å². The van der Waals surface area contributed by atoms with Crippen LogP contribution in [0.1, 0.15) is 16.9 Å². The fraction of sp³-hybridized carbons (Fsp3) is 0.643. The van der Waals surface area contributed by atoms with Crippen molar-refractivity contribution in [3.63, 3.8) is 0 Å². The van der Waals surface area contributed by atoms with E-state index in [4.69, 9.17) is 0 Å². The van der Waals surface area contributed by atoms with Gasteiger partial charge in [-0.2, -0.15) is 16.1 Å². The number of amides is 1. The molecule has 136 valence electrons. The van der Waals surface area contributed by atoms with Gasteiger partial charge in [-0.15, -0.1) is 12.4 Å². The molecule has 3 rings (SSSR count). The zero-order chi connectivity index (χ0) is 16.3. The lowest BCUT2D eigenvalue weighted by Crippen LogP contribution is -2.37. The first-order valence-corrected chi connectivity index (χ1v) is 10.4. The van der Waals surface area contributed by atoms with E-state index in [0.717, 1.165) is 31.0 Å². The third kappa shape index (κ3) is 4.26. The molecule has 24 heavy (non-hydrogen) atoms. The molecular weight excluding hydrogens is 372 g/mol.